The molecule has 27 heavy (non-hydrogen) atoms. The smallest absolute Gasteiger partial charge is 0.328 e. The zero-order chi connectivity index (χ0) is 20.2. The van der Waals surface area contributed by atoms with Gasteiger partial charge in [0.2, 0.25) is 0 Å². The predicted octanol–water partition coefficient (Wildman–Crippen LogP) is 6.69. The predicted molar refractivity (Wildman–Crippen MR) is 114 cm³/mol. The molecule has 0 heterocycles. The molecule has 1 rings (SSSR count). The summed E-state index contributed by atoms with van der Waals surface area (Å²) in [6.45, 7) is 9.25. The van der Waals surface area contributed by atoms with E-state index in [-0.39, 0.29) is 0 Å². The summed E-state index contributed by atoms with van der Waals surface area (Å²) in [4.78, 5) is 10.6. The van der Waals surface area contributed by atoms with Gasteiger partial charge in [-0.2, -0.15) is 0 Å². The highest BCUT2D eigenvalue weighted by molar-refractivity contribution is 5.85. The lowest BCUT2D eigenvalue weighted by Crippen LogP contribution is -2.01. The van der Waals surface area contributed by atoms with Gasteiger partial charge in [-0.3, -0.25) is 0 Å². The molecule has 0 fully saturated rings. The summed E-state index contributed by atoms with van der Waals surface area (Å²) in [5.41, 5.74) is 1.71. The van der Waals surface area contributed by atoms with E-state index in [1.807, 2.05) is 6.07 Å². The Labute approximate surface area is 165 Å². The van der Waals surface area contributed by atoms with Crippen LogP contribution < -0.4 is 0 Å². The Morgan fingerprint density at radius 2 is 1.56 bits per heavy atom. The van der Waals surface area contributed by atoms with Crippen molar-refractivity contribution >= 4 is 12.0 Å². The van der Waals surface area contributed by atoms with E-state index in [0.29, 0.717) is 11.7 Å². The molecule has 2 unspecified atom stereocenters. The minimum Gasteiger partial charge on any atom is -0.508 e. The Bertz CT molecular complexity index is 589. The fourth-order valence-corrected chi connectivity index (χ4v) is 3.46. The Balaban J connectivity index is 2.34. The van der Waals surface area contributed by atoms with Crippen molar-refractivity contribution in [1.29, 1.82) is 0 Å². The van der Waals surface area contributed by atoms with Crippen molar-refractivity contribution in [3.63, 3.8) is 0 Å². The molecule has 0 aliphatic carbocycles. The lowest BCUT2D eigenvalue weighted by atomic mass is 9.91. The van der Waals surface area contributed by atoms with Crippen molar-refractivity contribution in [2.75, 3.05) is 0 Å². The average Bonchev–Trinajstić information content (AvgIpc) is 2.59. The molecule has 1 aromatic carbocycles. The van der Waals surface area contributed by atoms with Gasteiger partial charge in [0, 0.05) is 6.08 Å². The molecule has 0 saturated carbocycles. The van der Waals surface area contributed by atoms with Gasteiger partial charge in [0.05, 0.1) is 0 Å². The second kappa shape index (κ2) is 12.6. The number of hydrogen-bond acceptors (Lipinski definition) is 2. The Hall–Kier alpha value is -1.77. The molecule has 2 N–H and O–H groups in total. The van der Waals surface area contributed by atoms with Gasteiger partial charge < -0.3 is 10.2 Å². The van der Waals surface area contributed by atoms with Crippen LogP contribution in [0.15, 0.2) is 24.3 Å². The number of hydrogen-bond donors (Lipinski definition) is 2. The van der Waals surface area contributed by atoms with Crippen molar-refractivity contribution in [3.05, 3.63) is 35.4 Å². The number of rotatable bonds is 13. The van der Waals surface area contributed by atoms with Gasteiger partial charge in [0.15, 0.2) is 0 Å². The molecule has 2 atom stereocenters. The van der Waals surface area contributed by atoms with E-state index in [1.54, 1.807) is 18.2 Å². The standard InChI is InChI=1S/C24H38O3/c1-18(2)7-5-8-19(3)9-6-10-20(4)11-14-22-17-21(12-15-23(22)25)13-16-24(26)27/h12-13,15-20,25H,5-11,14H2,1-4H3,(H,26,27)/b16-13+. The van der Waals surface area contributed by atoms with Crippen LogP contribution in [0.3, 0.4) is 0 Å². The van der Waals surface area contributed by atoms with E-state index in [9.17, 15) is 9.90 Å². The molecular formula is C24H38O3. The molecule has 152 valence electrons. The average molecular weight is 375 g/mol. The molecule has 0 bridgehead atoms. The first-order chi connectivity index (χ1) is 12.8. The number of carboxylic acids is 1. The minimum absolute atomic E-state index is 0.299. The van der Waals surface area contributed by atoms with Crippen LogP contribution in [-0.2, 0) is 11.2 Å². The van der Waals surface area contributed by atoms with Crippen molar-refractivity contribution in [2.24, 2.45) is 17.8 Å². The molecule has 3 nitrogen and oxygen atoms in total. The van der Waals surface area contributed by atoms with Crippen LogP contribution in [0.5, 0.6) is 5.75 Å². The van der Waals surface area contributed by atoms with E-state index >= 15 is 0 Å². The Morgan fingerprint density at radius 3 is 2.15 bits per heavy atom. The van der Waals surface area contributed by atoms with Gasteiger partial charge in [-0.15, -0.1) is 0 Å². The first-order valence-corrected chi connectivity index (χ1v) is 10.5. The fraction of sp³-hybridized carbons (Fsp3) is 0.625. The van der Waals surface area contributed by atoms with Gasteiger partial charge in [-0.1, -0.05) is 72.3 Å². The van der Waals surface area contributed by atoms with Crippen LogP contribution in [0.2, 0.25) is 0 Å². The largest absolute Gasteiger partial charge is 0.508 e. The van der Waals surface area contributed by atoms with Crippen LogP contribution in [0, 0.1) is 17.8 Å². The highest BCUT2D eigenvalue weighted by Gasteiger charge is 2.09. The maximum Gasteiger partial charge on any atom is 0.328 e. The SMILES string of the molecule is CC(C)CCCC(C)CCCC(C)CCc1cc(/C=C/C(=O)O)ccc1O. The number of aryl methyl sites for hydroxylation is 1. The topological polar surface area (TPSA) is 57.5 Å². The van der Waals surface area contributed by atoms with Gasteiger partial charge in [0.25, 0.3) is 0 Å². The highest BCUT2D eigenvalue weighted by atomic mass is 16.4. The summed E-state index contributed by atoms with van der Waals surface area (Å²) >= 11 is 0. The van der Waals surface area contributed by atoms with Crippen LogP contribution >= 0.6 is 0 Å². The zero-order valence-corrected chi connectivity index (χ0v) is 17.6. The quantitative estimate of drug-likeness (QED) is 0.378. The monoisotopic (exact) mass is 374 g/mol. The summed E-state index contributed by atoms with van der Waals surface area (Å²) < 4.78 is 0. The summed E-state index contributed by atoms with van der Waals surface area (Å²) in [5, 5.41) is 18.8. The molecule has 0 saturated heterocycles. The molecule has 0 radical (unpaired) electrons. The minimum atomic E-state index is -0.961. The van der Waals surface area contributed by atoms with Crippen molar-refractivity contribution in [2.45, 2.75) is 79.1 Å². The number of benzene rings is 1. The van der Waals surface area contributed by atoms with Crippen molar-refractivity contribution < 1.29 is 15.0 Å². The highest BCUT2D eigenvalue weighted by Crippen LogP contribution is 2.25. The molecule has 3 heteroatoms. The van der Waals surface area contributed by atoms with Crippen molar-refractivity contribution in [3.8, 4) is 5.75 Å². The number of carboxylic acid groups (broad SMARTS) is 1. The molecule has 0 aliphatic heterocycles. The third-order valence-corrected chi connectivity index (χ3v) is 5.30. The van der Waals surface area contributed by atoms with Gasteiger partial charge in [0.1, 0.15) is 5.75 Å². The third-order valence-electron chi connectivity index (χ3n) is 5.30. The maximum atomic E-state index is 10.6. The molecular weight excluding hydrogens is 336 g/mol. The summed E-state index contributed by atoms with van der Waals surface area (Å²) in [7, 11) is 0. The number of phenolic OH excluding ortho intramolecular Hbond substituents is 1. The molecule has 0 spiro atoms. The second-order valence-corrected chi connectivity index (χ2v) is 8.56. The van der Waals surface area contributed by atoms with E-state index in [4.69, 9.17) is 5.11 Å². The molecule has 0 amide bonds. The first-order valence-electron chi connectivity index (χ1n) is 10.5. The van der Waals surface area contributed by atoms with Gasteiger partial charge in [-0.25, -0.2) is 4.79 Å². The van der Waals surface area contributed by atoms with Crippen LogP contribution in [0.1, 0.15) is 83.8 Å². The number of carbonyl (C=O) groups is 1. The second-order valence-electron chi connectivity index (χ2n) is 8.56. The van der Waals surface area contributed by atoms with Gasteiger partial charge in [-0.05, 0) is 59.9 Å². The van der Waals surface area contributed by atoms with Crippen LogP contribution in [0.4, 0.5) is 0 Å². The normalized spacial score (nSPS) is 14.0. The number of phenols is 1. The van der Waals surface area contributed by atoms with Crippen LogP contribution in [0.25, 0.3) is 6.08 Å². The first kappa shape index (κ1) is 23.3. The van der Waals surface area contributed by atoms with Crippen molar-refractivity contribution in [1.82, 2.24) is 0 Å². The number of aromatic hydroxyl groups is 1. The summed E-state index contributed by atoms with van der Waals surface area (Å²) in [6.07, 6.45) is 12.4. The molecule has 1 aromatic rings. The van der Waals surface area contributed by atoms with Gasteiger partial charge >= 0.3 is 5.97 Å². The summed E-state index contributed by atoms with van der Waals surface area (Å²) in [6, 6.07) is 5.28. The Morgan fingerprint density at radius 1 is 0.963 bits per heavy atom. The summed E-state index contributed by atoms with van der Waals surface area (Å²) in [5.74, 6) is 1.60. The third kappa shape index (κ3) is 10.8. The zero-order valence-electron chi connectivity index (χ0n) is 17.6. The maximum absolute atomic E-state index is 10.6. The van der Waals surface area contributed by atoms with E-state index in [0.717, 1.165) is 41.9 Å². The lowest BCUT2D eigenvalue weighted by Gasteiger charge is -2.15. The Kier molecular flexibility index (Phi) is 10.8. The lowest BCUT2D eigenvalue weighted by molar-refractivity contribution is -0.131. The molecule has 0 aromatic heterocycles. The van der Waals surface area contributed by atoms with E-state index in [2.05, 4.69) is 27.7 Å². The fourth-order valence-electron chi connectivity index (χ4n) is 3.46. The van der Waals surface area contributed by atoms with E-state index in [1.165, 1.54) is 38.5 Å². The van der Waals surface area contributed by atoms with Crippen LogP contribution in [-0.4, -0.2) is 16.2 Å². The molecule has 0 aliphatic rings. The number of aliphatic carboxylic acids is 1. The van der Waals surface area contributed by atoms with E-state index < -0.39 is 5.97 Å².